The highest BCUT2D eigenvalue weighted by atomic mass is 15.1. The summed E-state index contributed by atoms with van der Waals surface area (Å²) < 4.78 is 0. The highest BCUT2D eigenvalue weighted by Crippen LogP contribution is 2.31. The van der Waals surface area contributed by atoms with Gasteiger partial charge in [0.05, 0.1) is 0 Å². The van der Waals surface area contributed by atoms with E-state index in [1.54, 1.807) is 6.08 Å². The maximum atomic E-state index is 3.92. The minimum Gasteiger partial charge on any atom is -0.374 e. The van der Waals surface area contributed by atoms with Gasteiger partial charge in [0.25, 0.3) is 0 Å². The predicted octanol–water partition coefficient (Wildman–Crippen LogP) is 5.64. The Balaban J connectivity index is 2.43. The van der Waals surface area contributed by atoms with Gasteiger partial charge in [0.15, 0.2) is 0 Å². The molecule has 0 unspecified atom stereocenters. The summed E-state index contributed by atoms with van der Waals surface area (Å²) >= 11 is 0. The number of allylic oxidation sites excluding steroid dienone is 4. The summed E-state index contributed by atoms with van der Waals surface area (Å²) in [7, 11) is 2.10. The molecule has 2 rings (SSSR count). The van der Waals surface area contributed by atoms with Crippen LogP contribution in [0, 0.1) is 0 Å². The van der Waals surface area contributed by atoms with Gasteiger partial charge in [-0.3, -0.25) is 0 Å². The highest BCUT2D eigenvalue weighted by molar-refractivity contribution is 5.85. The first-order valence-electron chi connectivity index (χ1n) is 7.82. The molecule has 0 aromatic heterocycles. The van der Waals surface area contributed by atoms with Crippen molar-refractivity contribution in [2.24, 2.45) is 0 Å². The van der Waals surface area contributed by atoms with Crippen LogP contribution in [0.3, 0.4) is 0 Å². The van der Waals surface area contributed by atoms with Crippen LogP contribution in [0.2, 0.25) is 0 Å². The van der Waals surface area contributed by atoms with E-state index in [1.807, 2.05) is 30.4 Å². The van der Waals surface area contributed by atoms with Crippen molar-refractivity contribution in [2.75, 3.05) is 23.8 Å². The molecule has 0 bridgehead atoms. The average molecular weight is 304 g/mol. The number of anilines is 3. The first-order valence-corrected chi connectivity index (χ1v) is 7.82. The molecule has 0 atom stereocenters. The van der Waals surface area contributed by atoms with Gasteiger partial charge in [0.2, 0.25) is 0 Å². The molecule has 2 aromatic carbocycles. The largest absolute Gasteiger partial charge is 0.374 e. The Hall–Kier alpha value is -2.74. The van der Waals surface area contributed by atoms with E-state index < -0.39 is 0 Å². The zero-order valence-electron chi connectivity index (χ0n) is 13.9. The van der Waals surface area contributed by atoms with Gasteiger partial charge in [-0.25, -0.2) is 0 Å². The molecular weight excluding hydrogens is 280 g/mol. The Morgan fingerprint density at radius 1 is 1.09 bits per heavy atom. The summed E-state index contributed by atoms with van der Waals surface area (Å²) in [6.45, 7) is 10.8. The van der Waals surface area contributed by atoms with Crippen LogP contribution in [0.1, 0.15) is 12.5 Å². The fourth-order valence-electron chi connectivity index (χ4n) is 2.42. The van der Waals surface area contributed by atoms with E-state index in [4.69, 9.17) is 0 Å². The van der Waals surface area contributed by atoms with Gasteiger partial charge in [0, 0.05) is 36.2 Å². The van der Waals surface area contributed by atoms with Crippen molar-refractivity contribution >= 4 is 22.6 Å². The van der Waals surface area contributed by atoms with Gasteiger partial charge in [-0.15, -0.1) is 0 Å². The van der Waals surface area contributed by atoms with Crippen LogP contribution in [-0.2, 0) is 0 Å². The minimum absolute atomic E-state index is 0.931. The number of para-hydroxylation sites is 1. The number of rotatable bonds is 7. The van der Waals surface area contributed by atoms with Crippen LogP contribution in [-0.4, -0.2) is 13.6 Å². The van der Waals surface area contributed by atoms with Crippen molar-refractivity contribution in [3.63, 3.8) is 0 Å². The van der Waals surface area contributed by atoms with Crippen LogP contribution < -0.4 is 10.2 Å². The molecule has 0 radical (unpaired) electrons. The molecule has 0 amide bonds. The number of benzene rings is 2. The third-order valence-electron chi connectivity index (χ3n) is 3.77. The van der Waals surface area contributed by atoms with Gasteiger partial charge in [-0.05, 0) is 36.8 Å². The van der Waals surface area contributed by atoms with E-state index in [1.165, 1.54) is 5.69 Å². The van der Waals surface area contributed by atoms with E-state index >= 15 is 0 Å². The molecule has 0 aliphatic rings. The molecule has 0 spiro atoms. The smallest absolute Gasteiger partial charge is 0.0464 e. The maximum absolute atomic E-state index is 3.92. The molecule has 0 fully saturated rings. The van der Waals surface area contributed by atoms with Crippen molar-refractivity contribution in [3.05, 3.63) is 85.5 Å². The van der Waals surface area contributed by atoms with Gasteiger partial charge in [-0.2, -0.15) is 0 Å². The quantitative estimate of drug-likeness (QED) is 0.666. The molecule has 0 aliphatic heterocycles. The van der Waals surface area contributed by atoms with Crippen LogP contribution >= 0.6 is 0 Å². The molecule has 2 heteroatoms. The SMILES string of the molecule is C=C/C=C(\C=C)c1ccc(Nc2ccccc2)cc1N(C)CC. The summed E-state index contributed by atoms with van der Waals surface area (Å²) in [5, 5.41) is 3.45. The molecular formula is C21H24N2. The third-order valence-corrected chi connectivity index (χ3v) is 3.77. The van der Waals surface area contributed by atoms with Crippen molar-refractivity contribution in [1.82, 2.24) is 0 Å². The number of hydrogen-bond donors (Lipinski definition) is 1. The van der Waals surface area contributed by atoms with Gasteiger partial charge < -0.3 is 10.2 Å². The molecule has 118 valence electrons. The standard InChI is InChI=1S/C21H24N2/c1-5-11-17(6-2)20-15-14-19(16-21(20)23(4)7-3)22-18-12-9-8-10-13-18/h5-6,8-16,22H,1-2,7H2,3-4H3/b17-11+. The molecule has 0 saturated carbocycles. The molecule has 2 nitrogen and oxygen atoms in total. The van der Waals surface area contributed by atoms with E-state index in [-0.39, 0.29) is 0 Å². The molecule has 0 heterocycles. The zero-order valence-corrected chi connectivity index (χ0v) is 13.9. The second kappa shape index (κ2) is 8.04. The predicted molar refractivity (Wildman–Crippen MR) is 103 cm³/mol. The molecule has 0 saturated heterocycles. The summed E-state index contributed by atoms with van der Waals surface area (Å²) in [5.74, 6) is 0. The van der Waals surface area contributed by atoms with E-state index in [0.717, 1.165) is 29.1 Å². The summed E-state index contributed by atoms with van der Waals surface area (Å²) in [4.78, 5) is 2.23. The minimum atomic E-state index is 0.931. The van der Waals surface area contributed by atoms with Crippen LogP contribution in [0.15, 0.2) is 79.9 Å². The van der Waals surface area contributed by atoms with Crippen LogP contribution in [0.5, 0.6) is 0 Å². The van der Waals surface area contributed by atoms with Gasteiger partial charge in [-0.1, -0.05) is 55.7 Å². The number of nitrogens with zero attached hydrogens (tertiary/aromatic N) is 1. The first-order chi connectivity index (χ1) is 11.2. The molecule has 23 heavy (non-hydrogen) atoms. The lowest BCUT2D eigenvalue weighted by molar-refractivity contribution is 0.966. The third kappa shape index (κ3) is 4.13. The Bertz CT molecular complexity index is 699. The average Bonchev–Trinajstić information content (AvgIpc) is 2.60. The maximum Gasteiger partial charge on any atom is 0.0464 e. The van der Waals surface area contributed by atoms with Gasteiger partial charge >= 0.3 is 0 Å². The van der Waals surface area contributed by atoms with Crippen molar-refractivity contribution < 1.29 is 0 Å². The van der Waals surface area contributed by atoms with E-state index in [2.05, 4.69) is 67.7 Å². The topological polar surface area (TPSA) is 15.3 Å². The van der Waals surface area contributed by atoms with Crippen molar-refractivity contribution in [3.8, 4) is 0 Å². The molecule has 0 aliphatic carbocycles. The highest BCUT2D eigenvalue weighted by Gasteiger charge is 2.10. The second-order valence-electron chi connectivity index (χ2n) is 5.30. The Kier molecular flexibility index (Phi) is 5.81. The lowest BCUT2D eigenvalue weighted by Gasteiger charge is -2.22. The van der Waals surface area contributed by atoms with Crippen LogP contribution in [0.4, 0.5) is 17.1 Å². The summed E-state index contributed by atoms with van der Waals surface area (Å²) in [6.07, 6.45) is 5.65. The first kappa shape index (κ1) is 16.6. The lowest BCUT2D eigenvalue weighted by Crippen LogP contribution is -2.17. The number of hydrogen-bond acceptors (Lipinski definition) is 2. The molecule has 1 N–H and O–H groups in total. The Morgan fingerprint density at radius 2 is 1.83 bits per heavy atom. The van der Waals surface area contributed by atoms with Crippen molar-refractivity contribution in [2.45, 2.75) is 6.92 Å². The van der Waals surface area contributed by atoms with Crippen molar-refractivity contribution in [1.29, 1.82) is 0 Å². The second-order valence-corrected chi connectivity index (χ2v) is 5.30. The van der Waals surface area contributed by atoms with E-state index in [9.17, 15) is 0 Å². The summed E-state index contributed by atoms with van der Waals surface area (Å²) in [5.41, 5.74) is 5.54. The summed E-state index contributed by atoms with van der Waals surface area (Å²) in [6, 6.07) is 16.6. The fourth-order valence-corrected chi connectivity index (χ4v) is 2.42. The monoisotopic (exact) mass is 304 g/mol. The lowest BCUT2D eigenvalue weighted by atomic mass is 10.0. The zero-order chi connectivity index (χ0) is 16.7. The normalized spacial score (nSPS) is 11.0. The number of nitrogens with one attached hydrogen (secondary N) is 1. The Morgan fingerprint density at radius 3 is 2.43 bits per heavy atom. The molecule has 2 aromatic rings. The van der Waals surface area contributed by atoms with Gasteiger partial charge in [0.1, 0.15) is 0 Å². The Labute approximate surface area is 139 Å². The fraction of sp³-hybridized carbons (Fsp3) is 0.143. The van der Waals surface area contributed by atoms with E-state index in [0.29, 0.717) is 0 Å². The van der Waals surface area contributed by atoms with Crippen LogP contribution in [0.25, 0.3) is 5.57 Å².